The molecule has 0 spiro atoms. The minimum atomic E-state index is -0.515. The molecule has 8 heteroatoms. The Hall–Kier alpha value is -3.94. The number of fused-ring (bicyclic) bond motifs is 1. The zero-order valence-electron chi connectivity index (χ0n) is 16.9. The molecule has 0 fully saturated rings. The zero-order chi connectivity index (χ0) is 22.1. The van der Waals surface area contributed by atoms with Gasteiger partial charge in [0.1, 0.15) is 5.76 Å². The summed E-state index contributed by atoms with van der Waals surface area (Å²) in [4.78, 5) is 40.7. The second kappa shape index (κ2) is 8.06. The first kappa shape index (κ1) is 20.3. The van der Waals surface area contributed by atoms with E-state index >= 15 is 0 Å². The molecule has 0 saturated carbocycles. The normalized spacial score (nSPS) is 12.8. The maximum absolute atomic E-state index is 13.9. The van der Waals surface area contributed by atoms with Crippen molar-refractivity contribution in [3.05, 3.63) is 88.6 Å². The van der Waals surface area contributed by atoms with E-state index in [1.807, 2.05) is 0 Å². The van der Waals surface area contributed by atoms with Crippen molar-refractivity contribution in [1.29, 1.82) is 0 Å². The third kappa shape index (κ3) is 3.79. The number of nitrogens with zero attached hydrogens (tertiary/aromatic N) is 2. The fourth-order valence-electron chi connectivity index (χ4n) is 3.50. The Labute approximate surface area is 177 Å². The number of ether oxygens (including phenoxy) is 1. The zero-order valence-corrected chi connectivity index (χ0v) is 16.9. The van der Waals surface area contributed by atoms with Crippen molar-refractivity contribution < 1.29 is 27.9 Å². The van der Waals surface area contributed by atoms with Crippen LogP contribution in [0.2, 0.25) is 0 Å². The summed E-state index contributed by atoms with van der Waals surface area (Å²) in [6.07, 6.45) is 1.47. The Morgan fingerprint density at radius 3 is 2.55 bits per heavy atom. The van der Waals surface area contributed by atoms with E-state index in [9.17, 15) is 18.8 Å². The quantitative estimate of drug-likeness (QED) is 0.568. The van der Waals surface area contributed by atoms with Gasteiger partial charge >= 0.3 is 0 Å². The number of imide groups is 1. The lowest BCUT2D eigenvalue weighted by molar-refractivity contribution is 0.0631. The molecule has 3 amide bonds. The van der Waals surface area contributed by atoms with Crippen LogP contribution in [0.4, 0.5) is 4.39 Å². The molecule has 0 unspecified atom stereocenters. The number of benzene rings is 2. The second-order valence-electron chi connectivity index (χ2n) is 7.17. The highest BCUT2D eigenvalue weighted by Gasteiger charge is 2.36. The second-order valence-corrected chi connectivity index (χ2v) is 7.17. The highest BCUT2D eigenvalue weighted by atomic mass is 19.1. The predicted molar refractivity (Wildman–Crippen MR) is 108 cm³/mol. The van der Waals surface area contributed by atoms with Gasteiger partial charge in [-0.3, -0.25) is 19.3 Å². The van der Waals surface area contributed by atoms with Crippen molar-refractivity contribution in [3.63, 3.8) is 0 Å². The van der Waals surface area contributed by atoms with E-state index in [0.717, 1.165) is 4.90 Å². The maximum atomic E-state index is 13.9. The lowest BCUT2D eigenvalue weighted by atomic mass is 10.0. The van der Waals surface area contributed by atoms with E-state index < -0.39 is 17.6 Å². The first-order valence-electron chi connectivity index (χ1n) is 9.49. The molecule has 1 aliphatic heterocycles. The van der Waals surface area contributed by atoms with Gasteiger partial charge in [0.05, 0.1) is 31.0 Å². The van der Waals surface area contributed by atoms with Gasteiger partial charge in [-0.15, -0.1) is 0 Å². The summed E-state index contributed by atoms with van der Waals surface area (Å²) in [5.74, 6) is -1.18. The number of carbonyl (C=O) groups excluding carboxylic acids is 3. The van der Waals surface area contributed by atoms with Crippen molar-refractivity contribution in [1.82, 2.24) is 9.80 Å². The van der Waals surface area contributed by atoms with Crippen LogP contribution < -0.4 is 4.74 Å². The lowest BCUT2D eigenvalue weighted by Crippen LogP contribution is -2.29. The Balaban J connectivity index is 1.52. The number of amides is 3. The standard InChI is InChI=1S/C23H19FN2O5/c1-25(12-14-5-8-20(30-2)19(24)10-14)21(27)15-6-7-17-18(11-15)23(29)26(22(17)28)13-16-4-3-9-31-16/h3-11H,12-13H2,1-2H3. The van der Waals surface area contributed by atoms with Gasteiger partial charge < -0.3 is 14.1 Å². The Morgan fingerprint density at radius 1 is 1.10 bits per heavy atom. The molecule has 1 aromatic heterocycles. The molecule has 0 atom stereocenters. The first-order valence-corrected chi connectivity index (χ1v) is 9.49. The number of rotatable bonds is 6. The van der Waals surface area contributed by atoms with Crippen LogP contribution in [-0.4, -0.2) is 41.7 Å². The maximum Gasteiger partial charge on any atom is 0.261 e. The molecule has 7 nitrogen and oxygen atoms in total. The number of carbonyl (C=O) groups is 3. The molecule has 0 aliphatic carbocycles. The number of furan rings is 1. The molecule has 4 rings (SSSR count). The minimum absolute atomic E-state index is 0.0194. The van der Waals surface area contributed by atoms with Gasteiger partial charge in [-0.2, -0.15) is 0 Å². The Kier molecular flexibility index (Phi) is 5.29. The highest BCUT2D eigenvalue weighted by Crippen LogP contribution is 2.26. The summed E-state index contributed by atoms with van der Waals surface area (Å²) in [6, 6.07) is 12.2. The van der Waals surface area contributed by atoms with Crippen LogP contribution in [0.15, 0.2) is 59.2 Å². The Bertz CT molecular complexity index is 1170. The molecule has 3 aromatic rings. The van der Waals surface area contributed by atoms with Crippen LogP contribution in [0.1, 0.15) is 42.4 Å². The summed E-state index contributed by atoms with van der Waals surface area (Å²) in [6.45, 7) is 0.180. The van der Waals surface area contributed by atoms with Gasteiger partial charge in [0.25, 0.3) is 17.7 Å². The minimum Gasteiger partial charge on any atom is -0.494 e. The van der Waals surface area contributed by atoms with Crippen LogP contribution in [0.5, 0.6) is 5.75 Å². The average molecular weight is 422 g/mol. The molecule has 0 radical (unpaired) electrons. The summed E-state index contributed by atoms with van der Waals surface area (Å²) in [5, 5.41) is 0. The molecular formula is C23H19FN2O5. The highest BCUT2D eigenvalue weighted by molar-refractivity contribution is 6.22. The van der Waals surface area contributed by atoms with Crippen molar-refractivity contribution in [2.24, 2.45) is 0 Å². The van der Waals surface area contributed by atoms with Gasteiger partial charge in [-0.25, -0.2) is 4.39 Å². The number of halogens is 1. The summed E-state index contributed by atoms with van der Waals surface area (Å²) >= 11 is 0. The summed E-state index contributed by atoms with van der Waals surface area (Å²) in [5.41, 5.74) is 1.27. The molecule has 1 aliphatic rings. The van der Waals surface area contributed by atoms with E-state index in [4.69, 9.17) is 9.15 Å². The van der Waals surface area contributed by atoms with Crippen LogP contribution in [0, 0.1) is 5.82 Å². The largest absolute Gasteiger partial charge is 0.494 e. The van der Waals surface area contributed by atoms with Crippen LogP contribution >= 0.6 is 0 Å². The van der Waals surface area contributed by atoms with Gasteiger partial charge in [0.15, 0.2) is 11.6 Å². The van der Waals surface area contributed by atoms with E-state index in [-0.39, 0.29) is 41.4 Å². The van der Waals surface area contributed by atoms with E-state index in [1.54, 1.807) is 25.2 Å². The van der Waals surface area contributed by atoms with Gasteiger partial charge in [-0.1, -0.05) is 6.07 Å². The molecule has 0 bridgehead atoms. The first-order chi connectivity index (χ1) is 14.9. The molecule has 0 saturated heterocycles. The number of hydrogen-bond donors (Lipinski definition) is 0. The molecule has 158 valence electrons. The molecule has 0 N–H and O–H groups in total. The van der Waals surface area contributed by atoms with E-state index in [1.165, 1.54) is 48.6 Å². The van der Waals surface area contributed by atoms with E-state index in [2.05, 4.69) is 0 Å². The molecule has 31 heavy (non-hydrogen) atoms. The molecular weight excluding hydrogens is 403 g/mol. The smallest absolute Gasteiger partial charge is 0.261 e. The number of methoxy groups -OCH3 is 1. The topological polar surface area (TPSA) is 80.1 Å². The lowest BCUT2D eigenvalue weighted by Gasteiger charge is -2.18. The van der Waals surface area contributed by atoms with Crippen molar-refractivity contribution in [2.75, 3.05) is 14.2 Å². The fraction of sp³-hybridized carbons (Fsp3) is 0.174. The van der Waals surface area contributed by atoms with Crippen LogP contribution in [0.25, 0.3) is 0 Å². The van der Waals surface area contributed by atoms with Crippen molar-refractivity contribution >= 4 is 17.7 Å². The third-order valence-corrected chi connectivity index (χ3v) is 5.09. The average Bonchev–Trinajstić information content (AvgIpc) is 3.36. The molecule has 2 aromatic carbocycles. The molecule has 2 heterocycles. The SMILES string of the molecule is COc1ccc(CN(C)C(=O)c2ccc3c(c2)C(=O)N(Cc2ccco2)C3=O)cc1F. The monoisotopic (exact) mass is 422 g/mol. The summed E-state index contributed by atoms with van der Waals surface area (Å²) in [7, 11) is 2.96. The summed E-state index contributed by atoms with van der Waals surface area (Å²) < 4.78 is 24.0. The van der Waals surface area contributed by atoms with Crippen molar-refractivity contribution in [3.8, 4) is 5.75 Å². The van der Waals surface area contributed by atoms with Gasteiger partial charge in [0.2, 0.25) is 0 Å². The van der Waals surface area contributed by atoms with Gasteiger partial charge in [-0.05, 0) is 48.0 Å². The fourth-order valence-corrected chi connectivity index (χ4v) is 3.50. The third-order valence-electron chi connectivity index (χ3n) is 5.09. The van der Waals surface area contributed by atoms with Crippen LogP contribution in [0.3, 0.4) is 0 Å². The predicted octanol–water partition coefficient (Wildman–Crippen LogP) is 3.50. The van der Waals surface area contributed by atoms with Gasteiger partial charge in [0, 0.05) is 19.2 Å². The van der Waals surface area contributed by atoms with E-state index in [0.29, 0.717) is 11.3 Å². The van der Waals surface area contributed by atoms with Crippen molar-refractivity contribution in [2.45, 2.75) is 13.1 Å². The van der Waals surface area contributed by atoms with Crippen LogP contribution in [-0.2, 0) is 13.1 Å². The Morgan fingerprint density at radius 2 is 1.87 bits per heavy atom. The number of hydrogen-bond acceptors (Lipinski definition) is 5.